The number of nitrogens with zero attached hydrogens (tertiary/aromatic N) is 1. The zero-order valence-electron chi connectivity index (χ0n) is 10.7. The molecule has 80 valence electrons. The molecule has 0 bridgehead atoms. The van der Waals surface area contributed by atoms with Gasteiger partial charge < -0.3 is 0 Å². The first kappa shape index (κ1) is 13.2. The Morgan fingerprint density at radius 1 is 1.00 bits per heavy atom. The van der Waals surface area contributed by atoms with Gasteiger partial charge in [-0.1, -0.05) is 27.4 Å². The molecule has 0 unspecified atom stereocenters. The molecule has 0 heterocycles. The maximum atomic E-state index is 4.45. The number of hydrogen-bond donors (Lipinski definition) is 0. The van der Waals surface area contributed by atoms with Gasteiger partial charge in [0.15, 0.2) is 0 Å². The highest BCUT2D eigenvalue weighted by Crippen LogP contribution is 2.31. The monoisotopic (exact) mass is 193 g/mol. The van der Waals surface area contributed by atoms with Gasteiger partial charge in [-0.25, -0.2) is 0 Å². The molecule has 0 amide bonds. The summed E-state index contributed by atoms with van der Waals surface area (Å²) in [6.45, 7) is 18.8. The molecule has 0 rings (SSSR count). The summed E-state index contributed by atoms with van der Waals surface area (Å²) in [4.78, 5) is 4.45. The molecule has 0 N–H and O–H groups in total. The lowest BCUT2D eigenvalue weighted by Crippen LogP contribution is -2.10. The Labute approximate surface area is 88.6 Å². The summed E-state index contributed by atoms with van der Waals surface area (Å²) in [5, 5.41) is 0. The fraction of sp³-hybridized carbons (Fsp3) is 0.615. The van der Waals surface area contributed by atoms with Crippen molar-refractivity contribution >= 4 is 5.71 Å². The fourth-order valence-electron chi connectivity index (χ4n) is 1.20. The summed E-state index contributed by atoms with van der Waals surface area (Å²) in [6.07, 6.45) is 0. The van der Waals surface area contributed by atoms with Crippen molar-refractivity contribution in [1.82, 2.24) is 0 Å². The van der Waals surface area contributed by atoms with Crippen LogP contribution in [0.5, 0.6) is 0 Å². The Morgan fingerprint density at radius 2 is 1.43 bits per heavy atom. The van der Waals surface area contributed by atoms with Crippen LogP contribution in [0.15, 0.2) is 28.4 Å². The summed E-state index contributed by atoms with van der Waals surface area (Å²) in [5.74, 6) is 0. The van der Waals surface area contributed by atoms with Gasteiger partial charge in [-0.2, -0.15) is 0 Å². The molecule has 1 heteroatoms. The van der Waals surface area contributed by atoms with Gasteiger partial charge in [0.1, 0.15) is 0 Å². The zero-order chi connectivity index (χ0) is 11.5. The summed E-state index contributed by atoms with van der Waals surface area (Å²) >= 11 is 0. The first-order valence-electron chi connectivity index (χ1n) is 5.05. The summed E-state index contributed by atoms with van der Waals surface area (Å²) in [6, 6.07) is 0. The first-order valence-corrected chi connectivity index (χ1v) is 5.05. The van der Waals surface area contributed by atoms with Crippen LogP contribution in [0.1, 0.15) is 48.5 Å². The van der Waals surface area contributed by atoms with E-state index in [1.54, 1.807) is 0 Å². The highest BCUT2D eigenvalue weighted by atomic mass is 14.7. The van der Waals surface area contributed by atoms with Crippen molar-refractivity contribution in [1.29, 1.82) is 0 Å². The Hall–Kier alpha value is -0.850. The van der Waals surface area contributed by atoms with Crippen LogP contribution in [0.25, 0.3) is 0 Å². The smallest absolute Gasteiger partial charge is 0.0403 e. The molecule has 0 aromatic heterocycles. The molecular weight excluding hydrogens is 170 g/mol. The number of rotatable bonds is 2. The summed E-state index contributed by atoms with van der Waals surface area (Å²) in [5.41, 5.74) is 4.66. The van der Waals surface area contributed by atoms with Gasteiger partial charge in [0.05, 0.1) is 0 Å². The predicted molar refractivity (Wildman–Crippen MR) is 65.8 cm³/mol. The Kier molecular flexibility index (Phi) is 4.31. The Bertz CT molecular complexity index is 281. The molecule has 0 atom stereocenters. The van der Waals surface area contributed by atoms with E-state index in [1.807, 2.05) is 20.8 Å². The van der Waals surface area contributed by atoms with Gasteiger partial charge in [-0.15, -0.1) is 0 Å². The highest BCUT2D eigenvalue weighted by molar-refractivity contribution is 5.80. The molecule has 0 radical (unpaired) electrons. The van der Waals surface area contributed by atoms with Gasteiger partial charge in [0, 0.05) is 11.4 Å². The van der Waals surface area contributed by atoms with Crippen LogP contribution in [0, 0.1) is 5.41 Å². The molecule has 0 fully saturated rings. The second-order valence-electron chi connectivity index (χ2n) is 5.00. The van der Waals surface area contributed by atoms with E-state index in [1.165, 1.54) is 11.1 Å². The lowest BCUT2D eigenvalue weighted by molar-refractivity contribution is 0.511. The SMILES string of the molecule is C=C(/C(C)=C(/C)N=C(C)C)C(C)(C)C. The van der Waals surface area contributed by atoms with Gasteiger partial charge in [-0.3, -0.25) is 4.99 Å². The molecule has 0 saturated heterocycles. The van der Waals surface area contributed by atoms with Crippen molar-refractivity contribution in [2.45, 2.75) is 48.5 Å². The molecule has 0 saturated carbocycles. The second-order valence-corrected chi connectivity index (χ2v) is 5.00. The molecule has 0 aromatic rings. The zero-order valence-corrected chi connectivity index (χ0v) is 10.7. The van der Waals surface area contributed by atoms with E-state index in [9.17, 15) is 0 Å². The highest BCUT2D eigenvalue weighted by Gasteiger charge is 2.17. The quantitative estimate of drug-likeness (QED) is 0.456. The number of hydrogen-bond acceptors (Lipinski definition) is 1. The molecule has 1 nitrogen and oxygen atoms in total. The van der Waals surface area contributed by atoms with E-state index in [2.05, 4.69) is 39.3 Å². The lowest BCUT2D eigenvalue weighted by Gasteiger charge is -2.23. The fourth-order valence-corrected chi connectivity index (χ4v) is 1.20. The van der Waals surface area contributed by atoms with Crippen molar-refractivity contribution in [3.8, 4) is 0 Å². The maximum absolute atomic E-state index is 4.45. The van der Waals surface area contributed by atoms with Crippen molar-refractivity contribution in [3.05, 3.63) is 23.4 Å². The minimum atomic E-state index is 0.127. The molecule has 0 aliphatic heterocycles. The van der Waals surface area contributed by atoms with Crippen LogP contribution in [-0.4, -0.2) is 5.71 Å². The van der Waals surface area contributed by atoms with E-state index < -0.39 is 0 Å². The molecule has 0 spiro atoms. The van der Waals surface area contributed by atoms with E-state index in [-0.39, 0.29) is 5.41 Å². The van der Waals surface area contributed by atoms with Crippen molar-refractivity contribution < 1.29 is 0 Å². The van der Waals surface area contributed by atoms with Crippen LogP contribution < -0.4 is 0 Å². The molecule has 0 aromatic carbocycles. The third kappa shape index (κ3) is 3.91. The van der Waals surface area contributed by atoms with Crippen LogP contribution in [0.4, 0.5) is 0 Å². The molecular formula is C13H23N. The van der Waals surface area contributed by atoms with Gasteiger partial charge in [0.2, 0.25) is 0 Å². The average Bonchev–Trinajstić information content (AvgIpc) is 1.98. The maximum Gasteiger partial charge on any atom is 0.0403 e. The number of allylic oxidation sites excluding steroid dienone is 3. The van der Waals surface area contributed by atoms with Crippen LogP contribution in [-0.2, 0) is 0 Å². The third-order valence-corrected chi connectivity index (χ3v) is 2.29. The Balaban J connectivity index is 5.03. The number of aliphatic imine (C=N–C) groups is 1. The van der Waals surface area contributed by atoms with Crippen LogP contribution in [0.2, 0.25) is 0 Å². The van der Waals surface area contributed by atoms with Crippen LogP contribution in [0.3, 0.4) is 0 Å². The molecule has 0 aliphatic rings. The van der Waals surface area contributed by atoms with Crippen molar-refractivity contribution in [3.63, 3.8) is 0 Å². The van der Waals surface area contributed by atoms with Gasteiger partial charge in [0.25, 0.3) is 0 Å². The van der Waals surface area contributed by atoms with E-state index in [4.69, 9.17) is 0 Å². The van der Waals surface area contributed by atoms with Gasteiger partial charge in [-0.05, 0) is 44.3 Å². The lowest BCUT2D eigenvalue weighted by atomic mass is 9.83. The topological polar surface area (TPSA) is 12.4 Å². The van der Waals surface area contributed by atoms with E-state index >= 15 is 0 Å². The third-order valence-electron chi connectivity index (χ3n) is 2.29. The second kappa shape index (κ2) is 4.59. The molecule has 14 heavy (non-hydrogen) atoms. The molecule has 0 aliphatic carbocycles. The normalized spacial score (nSPS) is 13.4. The van der Waals surface area contributed by atoms with Crippen LogP contribution >= 0.6 is 0 Å². The summed E-state index contributed by atoms with van der Waals surface area (Å²) in [7, 11) is 0. The Morgan fingerprint density at radius 3 is 1.71 bits per heavy atom. The van der Waals surface area contributed by atoms with Crippen molar-refractivity contribution in [2.24, 2.45) is 10.4 Å². The predicted octanol–water partition coefficient (Wildman–Crippen LogP) is 4.36. The summed E-state index contributed by atoms with van der Waals surface area (Å²) < 4.78 is 0. The standard InChI is InChI=1S/C13H23N/c1-9(2)14-12(5)10(3)11(4)13(6,7)8/h4H2,1-3,5-8H3/b12-10-. The minimum Gasteiger partial charge on any atom is -0.263 e. The van der Waals surface area contributed by atoms with E-state index in [0.29, 0.717) is 0 Å². The average molecular weight is 193 g/mol. The first-order chi connectivity index (χ1) is 6.16. The minimum absolute atomic E-state index is 0.127. The largest absolute Gasteiger partial charge is 0.263 e. The van der Waals surface area contributed by atoms with Gasteiger partial charge >= 0.3 is 0 Å². The van der Waals surface area contributed by atoms with E-state index in [0.717, 1.165) is 11.4 Å². The van der Waals surface area contributed by atoms with Crippen molar-refractivity contribution in [2.75, 3.05) is 0 Å².